The first kappa shape index (κ1) is 13.5. The van der Waals surface area contributed by atoms with Crippen LogP contribution in [0.1, 0.15) is 6.42 Å². The van der Waals surface area contributed by atoms with E-state index >= 15 is 0 Å². The van der Waals surface area contributed by atoms with Crippen molar-refractivity contribution in [3.63, 3.8) is 0 Å². The second kappa shape index (κ2) is 5.88. The lowest BCUT2D eigenvalue weighted by Gasteiger charge is -2.18. The van der Waals surface area contributed by atoms with Crippen LogP contribution in [0.15, 0.2) is 42.2 Å². The fourth-order valence-electron chi connectivity index (χ4n) is 2.91. The third-order valence-electron chi connectivity index (χ3n) is 4.05. The topological polar surface area (TPSA) is 53.9 Å². The maximum Gasteiger partial charge on any atom is 0.150 e. The van der Waals surface area contributed by atoms with Crippen LogP contribution in [0, 0.1) is 5.92 Å². The largest absolute Gasteiger partial charge is 0.370 e. The van der Waals surface area contributed by atoms with Crippen LogP contribution in [0.4, 0.5) is 11.6 Å². The molecule has 4 heterocycles. The Bertz CT molecular complexity index is 757. The summed E-state index contributed by atoms with van der Waals surface area (Å²) >= 11 is 1.72. The Kier molecular flexibility index (Phi) is 3.60. The van der Waals surface area contributed by atoms with Gasteiger partial charge in [-0.2, -0.15) is 0 Å². The molecule has 1 aliphatic heterocycles. The van der Waals surface area contributed by atoms with E-state index in [4.69, 9.17) is 0 Å². The molecule has 1 saturated heterocycles. The predicted molar refractivity (Wildman–Crippen MR) is 90.5 cm³/mol. The van der Waals surface area contributed by atoms with Crippen LogP contribution in [-0.4, -0.2) is 34.6 Å². The molecule has 112 valence electrons. The third kappa shape index (κ3) is 2.62. The number of fused-ring (bicyclic) bond motifs is 1. The molecule has 0 radical (unpaired) electrons. The van der Waals surface area contributed by atoms with Crippen molar-refractivity contribution in [3.8, 4) is 0 Å². The SMILES string of the molecule is c1ccc(NCC2CCN(c3ncnc4ccsc34)C2)nc1. The molecule has 4 rings (SSSR count). The minimum Gasteiger partial charge on any atom is -0.370 e. The van der Waals surface area contributed by atoms with Crippen molar-refractivity contribution in [2.75, 3.05) is 29.9 Å². The molecule has 0 aliphatic carbocycles. The van der Waals surface area contributed by atoms with Gasteiger partial charge in [0.25, 0.3) is 0 Å². The van der Waals surface area contributed by atoms with Gasteiger partial charge in [-0.05, 0) is 35.9 Å². The molecule has 0 spiro atoms. The average molecular weight is 311 g/mol. The summed E-state index contributed by atoms with van der Waals surface area (Å²) in [6.07, 6.45) is 4.66. The average Bonchev–Trinajstić information content (AvgIpc) is 3.22. The van der Waals surface area contributed by atoms with Gasteiger partial charge in [-0.1, -0.05) is 6.07 Å². The number of hydrogen-bond acceptors (Lipinski definition) is 6. The van der Waals surface area contributed by atoms with Crippen LogP contribution in [-0.2, 0) is 0 Å². The maximum atomic E-state index is 4.51. The lowest BCUT2D eigenvalue weighted by molar-refractivity contribution is 0.621. The van der Waals surface area contributed by atoms with Crippen LogP contribution in [0.25, 0.3) is 10.2 Å². The molecule has 22 heavy (non-hydrogen) atoms. The maximum absolute atomic E-state index is 4.51. The molecule has 1 fully saturated rings. The van der Waals surface area contributed by atoms with Crippen LogP contribution >= 0.6 is 11.3 Å². The molecule has 0 aromatic carbocycles. The summed E-state index contributed by atoms with van der Waals surface area (Å²) in [5.41, 5.74) is 1.05. The molecule has 0 amide bonds. The van der Waals surface area contributed by atoms with Crippen LogP contribution in [0.3, 0.4) is 0 Å². The normalized spacial score (nSPS) is 18.0. The molecule has 0 saturated carbocycles. The van der Waals surface area contributed by atoms with Gasteiger partial charge in [0, 0.05) is 25.8 Å². The van der Waals surface area contributed by atoms with Crippen molar-refractivity contribution in [3.05, 3.63) is 42.2 Å². The van der Waals surface area contributed by atoms with Gasteiger partial charge < -0.3 is 10.2 Å². The number of hydrogen-bond donors (Lipinski definition) is 1. The Balaban J connectivity index is 1.43. The zero-order chi connectivity index (χ0) is 14.8. The van der Waals surface area contributed by atoms with E-state index in [0.29, 0.717) is 5.92 Å². The Morgan fingerprint density at radius 2 is 2.23 bits per heavy atom. The quantitative estimate of drug-likeness (QED) is 0.802. The highest BCUT2D eigenvalue weighted by Gasteiger charge is 2.25. The number of thiophene rings is 1. The molecule has 1 aliphatic rings. The van der Waals surface area contributed by atoms with E-state index in [-0.39, 0.29) is 0 Å². The first-order valence-corrected chi connectivity index (χ1v) is 8.36. The van der Waals surface area contributed by atoms with Gasteiger partial charge in [0.05, 0.1) is 10.2 Å². The monoisotopic (exact) mass is 311 g/mol. The Morgan fingerprint density at radius 1 is 1.23 bits per heavy atom. The standard InChI is InChI=1S/C16H17N5S/c1-2-6-17-14(3-1)18-9-12-4-7-21(10-12)16-15-13(5-8-22-15)19-11-20-16/h1-3,5-6,8,11-12H,4,7,9-10H2,(H,17,18). The van der Waals surface area contributed by atoms with Gasteiger partial charge >= 0.3 is 0 Å². The smallest absolute Gasteiger partial charge is 0.150 e. The number of aromatic nitrogens is 3. The number of rotatable bonds is 4. The van der Waals surface area contributed by atoms with Gasteiger partial charge in [0.1, 0.15) is 18.0 Å². The van der Waals surface area contributed by atoms with E-state index in [0.717, 1.165) is 36.8 Å². The lowest BCUT2D eigenvalue weighted by Crippen LogP contribution is -2.23. The molecular weight excluding hydrogens is 294 g/mol. The van der Waals surface area contributed by atoms with E-state index < -0.39 is 0 Å². The van der Waals surface area contributed by atoms with E-state index in [1.165, 1.54) is 11.1 Å². The van der Waals surface area contributed by atoms with Crippen LogP contribution in [0.5, 0.6) is 0 Å². The number of pyridine rings is 1. The summed E-state index contributed by atoms with van der Waals surface area (Å²) in [5, 5.41) is 5.51. The number of nitrogens with zero attached hydrogens (tertiary/aromatic N) is 4. The highest BCUT2D eigenvalue weighted by molar-refractivity contribution is 7.17. The first-order chi connectivity index (χ1) is 10.9. The van der Waals surface area contributed by atoms with Crippen molar-refractivity contribution < 1.29 is 0 Å². The van der Waals surface area contributed by atoms with E-state index in [2.05, 4.69) is 36.6 Å². The molecule has 3 aromatic heterocycles. The van der Waals surface area contributed by atoms with Crippen molar-refractivity contribution in [1.82, 2.24) is 15.0 Å². The Morgan fingerprint density at radius 3 is 3.14 bits per heavy atom. The van der Waals surface area contributed by atoms with Crippen molar-refractivity contribution in [2.24, 2.45) is 5.92 Å². The highest BCUT2D eigenvalue weighted by atomic mass is 32.1. The van der Waals surface area contributed by atoms with Gasteiger partial charge in [-0.3, -0.25) is 0 Å². The van der Waals surface area contributed by atoms with E-state index in [1.54, 1.807) is 17.7 Å². The van der Waals surface area contributed by atoms with Crippen molar-refractivity contribution in [2.45, 2.75) is 6.42 Å². The number of anilines is 2. The molecule has 5 nitrogen and oxygen atoms in total. The van der Waals surface area contributed by atoms with Crippen LogP contribution in [0.2, 0.25) is 0 Å². The molecular formula is C16H17N5S. The van der Waals surface area contributed by atoms with E-state index in [1.807, 2.05) is 24.4 Å². The van der Waals surface area contributed by atoms with Gasteiger partial charge in [0.15, 0.2) is 0 Å². The minimum absolute atomic E-state index is 0.618. The summed E-state index contributed by atoms with van der Waals surface area (Å²) in [5.74, 6) is 2.65. The van der Waals surface area contributed by atoms with Crippen molar-refractivity contribution >= 4 is 33.2 Å². The summed E-state index contributed by atoms with van der Waals surface area (Å²) in [6.45, 7) is 3.04. The fourth-order valence-corrected chi connectivity index (χ4v) is 3.77. The zero-order valence-corrected chi connectivity index (χ0v) is 13.0. The molecule has 1 unspecified atom stereocenters. The van der Waals surface area contributed by atoms with Gasteiger partial charge in [-0.25, -0.2) is 15.0 Å². The highest BCUT2D eigenvalue weighted by Crippen LogP contribution is 2.31. The van der Waals surface area contributed by atoms with E-state index in [9.17, 15) is 0 Å². The molecule has 3 aromatic rings. The minimum atomic E-state index is 0.618. The van der Waals surface area contributed by atoms with Crippen molar-refractivity contribution in [1.29, 1.82) is 0 Å². The fraction of sp³-hybridized carbons (Fsp3) is 0.312. The molecule has 6 heteroatoms. The van der Waals surface area contributed by atoms with Crippen LogP contribution < -0.4 is 10.2 Å². The summed E-state index contributed by atoms with van der Waals surface area (Å²) < 4.78 is 1.20. The first-order valence-electron chi connectivity index (χ1n) is 7.48. The number of nitrogens with one attached hydrogen (secondary N) is 1. The second-order valence-electron chi connectivity index (χ2n) is 5.53. The third-order valence-corrected chi connectivity index (χ3v) is 4.95. The summed E-state index contributed by atoms with van der Waals surface area (Å²) in [4.78, 5) is 15.5. The van der Waals surface area contributed by atoms with Gasteiger partial charge in [0.2, 0.25) is 0 Å². The summed E-state index contributed by atoms with van der Waals surface area (Å²) in [7, 11) is 0. The van der Waals surface area contributed by atoms with Gasteiger partial charge in [-0.15, -0.1) is 11.3 Å². The Labute approximate surface area is 133 Å². The second-order valence-corrected chi connectivity index (χ2v) is 6.44. The summed E-state index contributed by atoms with van der Waals surface area (Å²) in [6, 6.07) is 8.00. The predicted octanol–water partition coefficient (Wildman–Crippen LogP) is 3.02. The molecule has 1 atom stereocenters. The zero-order valence-electron chi connectivity index (χ0n) is 12.1. The molecule has 1 N–H and O–H groups in total. The lowest BCUT2D eigenvalue weighted by atomic mass is 10.1. The Hall–Kier alpha value is -2.21. The molecule has 0 bridgehead atoms.